The van der Waals surface area contributed by atoms with Crippen LogP contribution in [0.15, 0.2) is 23.4 Å². The molecule has 0 bridgehead atoms. The predicted octanol–water partition coefficient (Wildman–Crippen LogP) is 0.964. The van der Waals surface area contributed by atoms with Crippen LogP contribution in [0.3, 0.4) is 0 Å². The number of aromatic carboxylic acids is 1. The highest BCUT2D eigenvalue weighted by molar-refractivity contribution is 7.91. The van der Waals surface area contributed by atoms with Crippen LogP contribution < -0.4 is 0 Å². The highest BCUT2D eigenvalue weighted by atomic mass is 32.2. The van der Waals surface area contributed by atoms with Gasteiger partial charge >= 0.3 is 5.97 Å². The minimum atomic E-state index is -3.43. The normalized spacial score (nSPS) is 16.0. The first kappa shape index (κ1) is 11.1. The zero-order chi connectivity index (χ0) is 11.8. The molecule has 1 saturated carbocycles. The predicted molar refractivity (Wildman–Crippen MR) is 56.0 cm³/mol. The first-order valence-electron chi connectivity index (χ1n) is 4.91. The number of carboxylic acids is 1. The van der Waals surface area contributed by atoms with Gasteiger partial charge in [0, 0.05) is 6.20 Å². The van der Waals surface area contributed by atoms with E-state index in [1.54, 1.807) is 0 Å². The molecule has 1 fully saturated rings. The van der Waals surface area contributed by atoms with E-state index < -0.39 is 15.8 Å². The van der Waals surface area contributed by atoms with Crippen LogP contribution in [0.25, 0.3) is 0 Å². The SMILES string of the molecule is O=C(O)c1ccnc(S(=O)(=O)CC2CC2)c1. The number of rotatable bonds is 4. The molecule has 0 radical (unpaired) electrons. The van der Waals surface area contributed by atoms with Crippen LogP contribution in [0.2, 0.25) is 0 Å². The minimum absolute atomic E-state index is 0.0515. The summed E-state index contributed by atoms with van der Waals surface area (Å²) in [6.45, 7) is 0. The maximum Gasteiger partial charge on any atom is 0.335 e. The molecule has 0 aliphatic heterocycles. The molecule has 0 amide bonds. The van der Waals surface area contributed by atoms with Crippen LogP contribution in [0, 0.1) is 5.92 Å². The number of sulfone groups is 1. The first-order chi connectivity index (χ1) is 7.49. The van der Waals surface area contributed by atoms with E-state index in [0.29, 0.717) is 0 Å². The van der Waals surface area contributed by atoms with Crippen LogP contribution in [-0.4, -0.2) is 30.2 Å². The van der Waals surface area contributed by atoms with E-state index in [9.17, 15) is 13.2 Å². The van der Waals surface area contributed by atoms with Crippen molar-refractivity contribution >= 4 is 15.8 Å². The molecule has 86 valence electrons. The zero-order valence-electron chi connectivity index (χ0n) is 8.46. The third kappa shape index (κ3) is 2.38. The third-order valence-electron chi connectivity index (χ3n) is 2.45. The lowest BCUT2D eigenvalue weighted by molar-refractivity contribution is 0.0696. The molecule has 0 aromatic carbocycles. The van der Waals surface area contributed by atoms with Crippen molar-refractivity contribution in [2.24, 2.45) is 5.92 Å². The second kappa shape index (κ2) is 3.86. The molecule has 1 aliphatic rings. The van der Waals surface area contributed by atoms with Crippen LogP contribution >= 0.6 is 0 Å². The van der Waals surface area contributed by atoms with Crippen molar-refractivity contribution in [1.82, 2.24) is 4.98 Å². The van der Waals surface area contributed by atoms with Crippen molar-refractivity contribution in [3.8, 4) is 0 Å². The summed E-state index contributed by atoms with van der Waals surface area (Å²) in [5, 5.41) is 8.61. The molecule has 0 atom stereocenters. The van der Waals surface area contributed by atoms with Gasteiger partial charge in [0.2, 0.25) is 0 Å². The summed E-state index contributed by atoms with van der Waals surface area (Å²) < 4.78 is 23.6. The summed E-state index contributed by atoms with van der Waals surface area (Å²) >= 11 is 0. The van der Waals surface area contributed by atoms with Crippen molar-refractivity contribution in [3.05, 3.63) is 23.9 Å². The van der Waals surface area contributed by atoms with Gasteiger partial charge < -0.3 is 5.11 Å². The van der Waals surface area contributed by atoms with Crippen molar-refractivity contribution in [2.75, 3.05) is 5.75 Å². The number of carboxylic acid groups (broad SMARTS) is 1. The van der Waals surface area contributed by atoms with Gasteiger partial charge in [-0.15, -0.1) is 0 Å². The molecule has 1 N–H and O–H groups in total. The fourth-order valence-electron chi connectivity index (χ4n) is 1.39. The molecule has 5 nitrogen and oxygen atoms in total. The lowest BCUT2D eigenvalue weighted by atomic mass is 10.3. The standard InChI is InChI=1S/C10H11NO4S/c12-10(13)8-3-4-11-9(5-8)16(14,15)6-7-1-2-7/h3-5,7H,1-2,6H2,(H,12,13). The molecule has 0 spiro atoms. The van der Waals surface area contributed by atoms with Gasteiger partial charge in [-0.25, -0.2) is 18.2 Å². The Balaban J connectivity index is 2.31. The second-order valence-corrected chi connectivity index (χ2v) is 5.89. The largest absolute Gasteiger partial charge is 0.478 e. The van der Waals surface area contributed by atoms with E-state index in [2.05, 4.69) is 4.98 Å². The Morgan fingerprint density at radius 2 is 2.19 bits per heavy atom. The smallest absolute Gasteiger partial charge is 0.335 e. The van der Waals surface area contributed by atoms with Crippen molar-refractivity contribution in [2.45, 2.75) is 17.9 Å². The van der Waals surface area contributed by atoms with Crippen LogP contribution in [-0.2, 0) is 9.84 Å². The number of hydrogen-bond acceptors (Lipinski definition) is 4. The van der Waals surface area contributed by atoms with Gasteiger partial charge in [-0.05, 0) is 30.9 Å². The fraction of sp³-hybridized carbons (Fsp3) is 0.400. The van der Waals surface area contributed by atoms with E-state index in [1.165, 1.54) is 12.3 Å². The van der Waals surface area contributed by atoms with Crippen molar-refractivity contribution in [3.63, 3.8) is 0 Å². The maximum absolute atomic E-state index is 11.8. The minimum Gasteiger partial charge on any atom is -0.478 e. The van der Waals surface area contributed by atoms with Gasteiger partial charge in [0.25, 0.3) is 0 Å². The number of carbonyl (C=O) groups is 1. The van der Waals surface area contributed by atoms with Crippen molar-refractivity contribution < 1.29 is 18.3 Å². The monoisotopic (exact) mass is 241 g/mol. The lowest BCUT2D eigenvalue weighted by Crippen LogP contribution is -2.11. The summed E-state index contributed by atoms with van der Waals surface area (Å²) in [5.41, 5.74) is -0.0515. The Morgan fingerprint density at radius 1 is 1.50 bits per heavy atom. The first-order valence-corrected chi connectivity index (χ1v) is 6.56. The van der Waals surface area contributed by atoms with Gasteiger partial charge in [0.1, 0.15) is 0 Å². The van der Waals surface area contributed by atoms with Crippen molar-refractivity contribution in [1.29, 1.82) is 0 Å². The van der Waals surface area contributed by atoms with Crippen LogP contribution in [0.1, 0.15) is 23.2 Å². The molecule has 0 saturated heterocycles. The van der Waals surface area contributed by atoms with E-state index in [1.807, 2.05) is 0 Å². The number of hydrogen-bond donors (Lipinski definition) is 1. The average Bonchev–Trinajstić information content (AvgIpc) is 3.01. The summed E-state index contributed by atoms with van der Waals surface area (Å²) in [6, 6.07) is 2.39. The highest BCUT2D eigenvalue weighted by Crippen LogP contribution is 2.31. The van der Waals surface area contributed by atoms with E-state index in [0.717, 1.165) is 18.9 Å². The second-order valence-electron chi connectivity index (χ2n) is 3.91. The number of nitrogens with zero attached hydrogens (tertiary/aromatic N) is 1. The molecule has 6 heteroatoms. The Morgan fingerprint density at radius 3 is 2.75 bits per heavy atom. The number of pyridine rings is 1. The van der Waals surface area contributed by atoms with Gasteiger partial charge in [-0.2, -0.15) is 0 Å². The lowest BCUT2D eigenvalue weighted by Gasteiger charge is -2.02. The highest BCUT2D eigenvalue weighted by Gasteiger charge is 2.30. The van der Waals surface area contributed by atoms with Gasteiger partial charge in [0.05, 0.1) is 11.3 Å². The topological polar surface area (TPSA) is 84.3 Å². The molecule has 2 rings (SSSR count). The third-order valence-corrected chi connectivity index (χ3v) is 4.22. The Labute approximate surface area is 93.1 Å². The molecule has 1 aromatic rings. The molecule has 1 aliphatic carbocycles. The molecular weight excluding hydrogens is 230 g/mol. The summed E-state index contributed by atoms with van der Waals surface area (Å²) in [6.07, 6.45) is 3.07. The van der Waals surface area contributed by atoms with E-state index in [-0.39, 0.29) is 22.3 Å². The molecule has 1 aromatic heterocycles. The maximum atomic E-state index is 11.8. The quantitative estimate of drug-likeness (QED) is 0.848. The van der Waals surface area contributed by atoms with Crippen LogP contribution in [0.4, 0.5) is 0 Å². The van der Waals surface area contributed by atoms with Gasteiger partial charge in [-0.3, -0.25) is 0 Å². The average molecular weight is 241 g/mol. The molecule has 1 heterocycles. The summed E-state index contributed by atoms with van der Waals surface area (Å²) in [4.78, 5) is 14.4. The fourth-order valence-corrected chi connectivity index (χ4v) is 3.05. The summed E-state index contributed by atoms with van der Waals surface area (Å²) in [7, 11) is -3.43. The summed E-state index contributed by atoms with van der Waals surface area (Å²) in [5.74, 6) is -0.853. The molecular formula is C10H11NO4S. The van der Waals surface area contributed by atoms with Gasteiger partial charge in [-0.1, -0.05) is 0 Å². The van der Waals surface area contributed by atoms with E-state index >= 15 is 0 Å². The Kier molecular flexibility index (Phi) is 2.67. The van der Waals surface area contributed by atoms with E-state index in [4.69, 9.17) is 5.11 Å². The zero-order valence-corrected chi connectivity index (χ0v) is 9.27. The Hall–Kier alpha value is -1.43. The molecule has 0 unspecified atom stereocenters. The number of aromatic nitrogens is 1. The van der Waals surface area contributed by atoms with Crippen LogP contribution in [0.5, 0.6) is 0 Å². The molecule has 16 heavy (non-hydrogen) atoms. The Bertz CT molecular complexity index is 519. The van der Waals surface area contributed by atoms with Gasteiger partial charge in [0.15, 0.2) is 14.9 Å².